The van der Waals surface area contributed by atoms with E-state index in [1.165, 1.54) is 5.56 Å². The van der Waals surface area contributed by atoms with E-state index >= 15 is 0 Å². The van der Waals surface area contributed by atoms with Crippen LogP contribution >= 0.6 is 12.2 Å². The van der Waals surface area contributed by atoms with Gasteiger partial charge >= 0.3 is 0 Å². The van der Waals surface area contributed by atoms with Crippen molar-refractivity contribution in [2.45, 2.75) is 19.9 Å². The van der Waals surface area contributed by atoms with Gasteiger partial charge in [-0.3, -0.25) is 0 Å². The minimum absolute atomic E-state index is 0.227. The predicted octanol–water partition coefficient (Wildman–Crippen LogP) is 4.00. The Morgan fingerprint density at radius 3 is 2.64 bits per heavy atom. The van der Waals surface area contributed by atoms with E-state index < -0.39 is 0 Å². The summed E-state index contributed by atoms with van der Waals surface area (Å²) in [6.07, 6.45) is 0. The molecule has 1 atom stereocenters. The maximum absolute atomic E-state index is 5.63. The Hall–Kier alpha value is -3.19. The number of hydrogen-bond acceptors (Lipinski definition) is 5. The van der Waals surface area contributed by atoms with E-state index in [2.05, 4.69) is 20.8 Å². The summed E-state index contributed by atoms with van der Waals surface area (Å²) in [6, 6.07) is 15.6. The summed E-state index contributed by atoms with van der Waals surface area (Å²) in [7, 11) is 1.65. The van der Waals surface area contributed by atoms with E-state index in [0.717, 1.165) is 28.1 Å². The van der Waals surface area contributed by atoms with Crippen LogP contribution in [0.25, 0.3) is 17.0 Å². The minimum atomic E-state index is -0.227. The van der Waals surface area contributed by atoms with Gasteiger partial charge in [0.05, 0.1) is 18.7 Å². The molecule has 3 aromatic rings. The maximum atomic E-state index is 5.63. The van der Waals surface area contributed by atoms with Crippen LogP contribution < -0.4 is 15.4 Å². The summed E-state index contributed by atoms with van der Waals surface area (Å²) in [5.74, 6) is 1.77. The number of nitrogens with zero attached hydrogens (tertiary/aromatic N) is 2. The van der Waals surface area contributed by atoms with Gasteiger partial charge in [-0.25, -0.2) is 0 Å². The molecule has 0 radical (unpaired) electrons. The molecule has 0 aliphatic carbocycles. The second kappa shape index (κ2) is 7.44. The van der Waals surface area contributed by atoms with E-state index in [0.29, 0.717) is 16.8 Å². The fourth-order valence-electron chi connectivity index (χ4n) is 3.20. The highest BCUT2D eigenvalue weighted by Crippen LogP contribution is 2.35. The number of hydrogen-bond donors (Lipinski definition) is 2. The number of allylic oxidation sites excluding steroid dienone is 1. The molecule has 0 amide bonds. The van der Waals surface area contributed by atoms with Gasteiger partial charge in [0.25, 0.3) is 5.89 Å². The van der Waals surface area contributed by atoms with Crippen molar-refractivity contribution in [3.63, 3.8) is 0 Å². The molecular formula is C21H20N4O2S. The molecule has 1 aromatic heterocycles. The average molecular weight is 392 g/mol. The van der Waals surface area contributed by atoms with Gasteiger partial charge in [0, 0.05) is 11.3 Å². The molecule has 0 spiro atoms. The molecule has 7 heteroatoms. The highest BCUT2D eigenvalue weighted by Gasteiger charge is 2.30. The van der Waals surface area contributed by atoms with Gasteiger partial charge in [0.15, 0.2) is 5.11 Å². The Morgan fingerprint density at radius 1 is 1.11 bits per heavy atom. The van der Waals surface area contributed by atoms with Crippen LogP contribution in [0.4, 0.5) is 0 Å². The normalized spacial score (nSPS) is 16.5. The van der Waals surface area contributed by atoms with Crippen LogP contribution in [0.5, 0.6) is 5.75 Å². The molecule has 0 unspecified atom stereocenters. The van der Waals surface area contributed by atoms with Gasteiger partial charge in [0.2, 0.25) is 5.82 Å². The molecule has 28 heavy (non-hydrogen) atoms. The van der Waals surface area contributed by atoms with Crippen molar-refractivity contribution in [3.05, 3.63) is 71.2 Å². The highest BCUT2D eigenvalue weighted by molar-refractivity contribution is 7.80. The second-order valence-corrected chi connectivity index (χ2v) is 7.04. The van der Waals surface area contributed by atoms with Crippen molar-refractivity contribution in [2.75, 3.05) is 7.11 Å². The van der Waals surface area contributed by atoms with Crippen LogP contribution in [0, 0.1) is 6.92 Å². The summed E-state index contributed by atoms with van der Waals surface area (Å²) in [6.45, 7) is 3.99. The fourth-order valence-corrected chi connectivity index (χ4v) is 3.47. The van der Waals surface area contributed by atoms with E-state index in [9.17, 15) is 0 Å². The Kier molecular flexibility index (Phi) is 4.83. The quantitative estimate of drug-likeness (QED) is 0.650. The molecule has 1 aliphatic rings. The van der Waals surface area contributed by atoms with E-state index in [1.807, 2.05) is 62.4 Å². The van der Waals surface area contributed by atoms with E-state index in [-0.39, 0.29) is 6.04 Å². The summed E-state index contributed by atoms with van der Waals surface area (Å²) >= 11 is 5.36. The summed E-state index contributed by atoms with van der Waals surface area (Å²) in [5.41, 5.74) is 4.80. The topological polar surface area (TPSA) is 72.2 Å². The lowest BCUT2D eigenvalue weighted by atomic mass is 9.95. The first-order valence-corrected chi connectivity index (χ1v) is 9.29. The lowest BCUT2D eigenvalue weighted by molar-refractivity contribution is 0.403. The zero-order valence-electron chi connectivity index (χ0n) is 15.8. The van der Waals surface area contributed by atoms with Crippen molar-refractivity contribution < 1.29 is 9.26 Å². The number of aryl methyl sites for hydroxylation is 1. The smallest absolute Gasteiger partial charge is 0.258 e. The maximum Gasteiger partial charge on any atom is 0.258 e. The van der Waals surface area contributed by atoms with Crippen molar-refractivity contribution in [1.29, 1.82) is 0 Å². The summed E-state index contributed by atoms with van der Waals surface area (Å²) in [5, 5.41) is 11.2. The zero-order valence-corrected chi connectivity index (χ0v) is 16.6. The average Bonchev–Trinajstić information content (AvgIpc) is 3.17. The number of methoxy groups -OCH3 is 1. The third-order valence-electron chi connectivity index (χ3n) is 4.66. The second-order valence-electron chi connectivity index (χ2n) is 6.64. The third-order valence-corrected chi connectivity index (χ3v) is 4.88. The first kappa shape index (κ1) is 18.2. The first-order chi connectivity index (χ1) is 13.5. The van der Waals surface area contributed by atoms with Gasteiger partial charge in [-0.05, 0) is 43.8 Å². The molecule has 142 valence electrons. The number of aromatic nitrogens is 2. The molecular weight excluding hydrogens is 372 g/mol. The Bertz CT molecular complexity index is 1060. The molecule has 0 saturated heterocycles. The lowest BCUT2D eigenvalue weighted by Gasteiger charge is -2.29. The minimum Gasteiger partial charge on any atom is -0.497 e. The molecule has 4 rings (SSSR count). The molecule has 2 aromatic carbocycles. The van der Waals surface area contributed by atoms with Gasteiger partial charge in [-0.2, -0.15) is 4.98 Å². The van der Waals surface area contributed by atoms with E-state index in [1.54, 1.807) is 7.11 Å². The molecule has 2 heterocycles. The Balaban J connectivity index is 1.76. The van der Waals surface area contributed by atoms with Crippen molar-refractivity contribution in [3.8, 4) is 17.1 Å². The van der Waals surface area contributed by atoms with Crippen molar-refractivity contribution in [1.82, 2.24) is 20.8 Å². The first-order valence-electron chi connectivity index (χ1n) is 8.88. The zero-order chi connectivity index (χ0) is 19.7. The van der Waals surface area contributed by atoms with Crippen LogP contribution in [0.1, 0.15) is 30.0 Å². The Labute approximate surface area is 168 Å². The molecule has 2 N–H and O–H groups in total. The lowest BCUT2D eigenvalue weighted by Crippen LogP contribution is -2.42. The highest BCUT2D eigenvalue weighted by atomic mass is 32.1. The molecule has 6 nitrogen and oxygen atoms in total. The summed E-state index contributed by atoms with van der Waals surface area (Å²) < 4.78 is 11.0. The fraction of sp³-hybridized carbons (Fsp3) is 0.190. The number of ether oxygens (including phenoxy) is 1. The van der Waals surface area contributed by atoms with Crippen LogP contribution in [0.3, 0.4) is 0 Å². The summed E-state index contributed by atoms with van der Waals surface area (Å²) in [4.78, 5) is 4.64. The van der Waals surface area contributed by atoms with Crippen LogP contribution in [-0.2, 0) is 0 Å². The molecule has 0 bridgehead atoms. The number of benzene rings is 2. The largest absolute Gasteiger partial charge is 0.497 e. The SMILES string of the molecule is COc1cccc([C@H]2NC(=S)NC(C)=C2c2nc(-c3ccc(C)cc3)no2)c1. The van der Waals surface area contributed by atoms with Gasteiger partial charge in [-0.1, -0.05) is 47.1 Å². The molecule has 0 fully saturated rings. The molecule has 0 saturated carbocycles. The number of nitrogens with one attached hydrogen (secondary N) is 2. The monoisotopic (exact) mass is 392 g/mol. The van der Waals surface area contributed by atoms with E-state index in [4.69, 9.17) is 21.5 Å². The van der Waals surface area contributed by atoms with Gasteiger partial charge in [-0.15, -0.1) is 0 Å². The van der Waals surface area contributed by atoms with Crippen molar-refractivity contribution >= 4 is 22.9 Å². The third kappa shape index (κ3) is 3.48. The Morgan fingerprint density at radius 2 is 1.89 bits per heavy atom. The number of rotatable bonds is 4. The van der Waals surface area contributed by atoms with Crippen LogP contribution in [0.2, 0.25) is 0 Å². The van der Waals surface area contributed by atoms with Gasteiger partial charge in [0.1, 0.15) is 5.75 Å². The predicted molar refractivity (Wildman–Crippen MR) is 112 cm³/mol. The van der Waals surface area contributed by atoms with Crippen LogP contribution in [0.15, 0.2) is 58.8 Å². The molecule has 1 aliphatic heterocycles. The van der Waals surface area contributed by atoms with Crippen LogP contribution in [-0.4, -0.2) is 22.4 Å². The number of thiocarbonyl (C=S) groups is 1. The van der Waals surface area contributed by atoms with Gasteiger partial charge < -0.3 is 19.9 Å². The standard InChI is InChI=1S/C21H20N4O2S/c1-12-7-9-14(10-8-12)19-24-20(27-25-19)17-13(2)22-21(28)23-18(17)15-5-4-6-16(11-15)26-3/h4-11,18H,1-3H3,(H2,22,23,28)/t18-/m1/s1. The van der Waals surface area contributed by atoms with Crippen molar-refractivity contribution in [2.24, 2.45) is 0 Å².